The molecule has 20 nitrogen and oxygen atoms in total. The molecule has 0 saturated heterocycles. The smallest absolute Gasteiger partial charge is 1.00 e. The van der Waals surface area contributed by atoms with Crippen LogP contribution in [0, 0.1) is 42.4 Å². The maximum absolute atomic E-state index is 13.9. The van der Waals surface area contributed by atoms with E-state index in [0.717, 1.165) is 83.4 Å². The normalized spacial score (nSPS) is 14.1. The number of ketones is 1. The molecule has 3 aliphatic rings. The van der Waals surface area contributed by atoms with Gasteiger partial charge in [0, 0.05) is 70.5 Å². The van der Waals surface area contributed by atoms with E-state index in [2.05, 4.69) is 57.4 Å². The number of rotatable bonds is 22. The molecular formula is C93H145BrF2MgN8O12S3SiTi. The number of halogens is 3. The average molecular weight is 1880 g/mol. The van der Waals surface area contributed by atoms with Crippen molar-refractivity contribution in [1.82, 2.24) is 19.8 Å². The summed E-state index contributed by atoms with van der Waals surface area (Å²) < 4.78 is 78.5. The van der Waals surface area contributed by atoms with Crippen molar-refractivity contribution in [2.75, 3.05) is 17.3 Å². The number of alkyl carbamates (subject to hydrolysis) is 1. The Morgan fingerprint density at radius 2 is 1.08 bits per heavy atom. The molecule has 3 aliphatic carbocycles. The summed E-state index contributed by atoms with van der Waals surface area (Å²) >= 11 is 0. The number of aromatic nitrogens is 2. The van der Waals surface area contributed by atoms with E-state index in [1.807, 2.05) is 159 Å². The van der Waals surface area contributed by atoms with Gasteiger partial charge in [-0.05, 0) is 261 Å². The minimum Gasteiger partial charge on any atom is -1.00 e. The zero-order valence-corrected chi connectivity index (χ0v) is 85.4. The molecule has 2 unspecified atom stereocenters. The number of hydrogen-bond acceptors (Lipinski definition) is 14. The first-order valence-electron chi connectivity index (χ1n) is 41.1. The molecule has 7 aromatic rings. The van der Waals surface area contributed by atoms with E-state index in [1.54, 1.807) is 126 Å². The summed E-state index contributed by atoms with van der Waals surface area (Å²) in [5.41, 5.74) is 12.4. The number of nitrogen functional groups attached to an aromatic ring is 1. The first-order valence-corrected chi connectivity index (χ1v) is 48.0. The topological polar surface area (TPSA) is 322 Å². The van der Waals surface area contributed by atoms with Crippen LogP contribution in [0.5, 0.6) is 0 Å². The number of nitrogens with one attached hydrogen (secondary N) is 2. The number of Topliss-reactive ketones (excluding diaryl/α,β-unsaturated/α-hetero) is 1. The van der Waals surface area contributed by atoms with Crippen LogP contribution in [0.15, 0.2) is 162 Å². The number of ether oxygens (including phenoxy) is 1. The largest absolute Gasteiger partial charge is 2.00 e. The fourth-order valence-electron chi connectivity index (χ4n) is 9.82. The van der Waals surface area contributed by atoms with E-state index in [1.165, 1.54) is 67.8 Å². The van der Waals surface area contributed by atoms with Gasteiger partial charge in [0.05, 0.1) is 64.5 Å². The van der Waals surface area contributed by atoms with Crippen LogP contribution in [0.25, 0.3) is 5.69 Å². The van der Waals surface area contributed by atoms with Gasteiger partial charge in [-0.15, -0.1) is 6.07 Å². The van der Waals surface area contributed by atoms with Gasteiger partial charge in [-0.1, -0.05) is 167 Å². The first kappa shape index (κ1) is 121. The van der Waals surface area contributed by atoms with Crippen molar-refractivity contribution in [1.29, 1.82) is 0 Å². The number of aliphatic hydroxyl groups is 4. The number of aryl methyl sites for hydroxylation is 1. The zero-order valence-electron chi connectivity index (χ0n) is 77.3. The Hall–Kier alpha value is -5.54. The second-order valence-corrected chi connectivity index (χ2v) is 46.5. The standard InChI is InChI=1S/C22H29FN2OS.C17H21N3O4.C16H23NOS.C12H14O.C10H15FNSi.C4H11NOS.4C3H8O.BrH.Mg.Ti/c1-21(2,3)27(26)25-22(14-13-16-9-10-16,17-7-5-4-6-8-17)18-11-12-19(23)20(24)15-18;1-11-8-14(15(21)22)20(19-11)13-7-5-6-12(9-13)10-18-16(23)24-17(2,3)4;1-16(2,3)19(18)17-15(12-11-13-9-10-13)14-7-5-4-6-8-14;13-12(9-8-10-6-7-10)11-4-2-1-3-5-11;1-12(13(2,3)4)10-8-6-5-7-9(10)11;1-4(2,3)7(5)6;4*1-3(2)4;;;/h4-8,11-12,15-16,25H,9-10,13-14,24H2,1-3H3;5-9H,10H2,1-4H3,(H,18,23)(H,21,22);4-8,13H,9-12H2,1-3H3;1-5,10H,6-9H2;5,7-8H,1-4H3;5H2,1-3H3;4*3-4H,1-2H3;1H;;/q;;;;-1;;;;;;;+2;/p-1/t22?,27-;;;;;7-;;;;;;;/m0....0......./s1. The van der Waals surface area contributed by atoms with Gasteiger partial charge in [-0.3, -0.25) is 9.93 Å². The Morgan fingerprint density at radius 1 is 0.631 bits per heavy atom. The molecule has 0 bridgehead atoms. The molecule has 1 heterocycles. The van der Waals surface area contributed by atoms with Crippen molar-refractivity contribution in [3.05, 3.63) is 215 Å². The number of aliphatic hydroxyl groups excluding tert-OH is 4. The van der Waals surface area contributed by atoms with E-state index >= 15 is 0 Å². The van der Waals surface area contributed by atoms with E-state index in [9.17, 15) is 40.9 Å². The van der Waals surface area contributed by atoms with Crippen molar-refractivity contribution in [2.24, 2.45) is 27.3 Å². The van der Waals surface area contributed by atoms with E-state index in [0.29, 0.717) is 22.9 Å². The number of hydrogen-bond donors (Lipinski definition) is 9. The van der Waals surface area contributed by atoms with E-state index < -0.39 is 75.0 Å². The summed E-state index contributed by atoms with van der Waals surface area (Å²) in [7, 11) is -3.17. The summed E-state index contributed by atoms with van der Waals surface area (Å²) in [5, 5.41) is 53.4. The number of nitrogens with zero attached hydrogens (tertiary/aromatic N) is 4. The zero-order chi connectivity index (χ0) is 91.0. The Bertz CT molecular complexity index is 4180. The van der Waals surface area contributed by atoms with Gasteiger partial charge in [0.1, 0.15) is 30.6 Å². The number of carboxylic acid groups (broad SMARTS) is 1. The van der Waals surface area contributed by atoms with E-state index in [4.69, 9.17) is 36.0 Å². The van der Waals surface area contributed by atoms with Crippen molar-refractivity contribution in [2.45, 2.75) is 298 Å². The maximum Gasteiger partial charge on any atom is 2.00 e. The van der Waals surface area contributed by atoms with Gasteiger partial charge in [-0.25, -0.2) is 40.4 Å². The van der Waals surface area contributed by atoms with Gasteiger partial charge in [-0.2, -0.15) is 27.7 Å². The molecule has 678 valence electrons. The maximum atomic E-state index is 13.9. The number of carbonyl (C=O) groups excluding carboxylic acids is 2. The number of aromatic carboxylic acids is 1. The molecule has 6 aromatic carbocycles. The molecule has 0 radical (unpaired) electrons. The third-order valence-electron chi connectivity index (χ3n) is 16.9. The molecule has 0 spiro atoms. The average Bonchev–Trinajstić information content (AvgIpc) is 1.13. The molecule has 4 atom stereocenters. The van der Waals surface area contributed by atoms with Crippen LogP contribution < -0.4 is 42.5 Å². The summed E-state index contributed by atoms with van der Waals surface area (Å²) in [6.45, 7) is 45.0. The number of nitrogens with two attached hydrogens (primary N) is 2. The Kier molecular flexibility index (Phi) is 58.8. The monoisotopic (exact) mass is 1880 g/mol. The molecule has 10 rings (SSSR count). The molecule has 3 fully saturated rings. The number of carboxylic acids is 1. The predicted octanol–water partition coefficient (Wildman–Crippen LogP) is 16.5. The third-order valence-corrected chi connectivity index (χ3v) is 23.4. The van der Waals surface area contributed by atoms with Gasteiger partial charge in [0.15, 0.2) is 11.5 Å². The van der Waals surface area contributed by atoms with Crippen LogP contribution in [0.3, 0.4) is 0 Å². The molecular weight excluding hydrogens is 1740 g/mol. The fourth-order valence-corrected chi connectivity index (χ4v) is 12.3. The van der Waals surface area contributed by atoms with Crippen molar-refractivity contribution < 1.29 is 105 Å². The second kappa shape index (κ2) is 59.5. The van der Waals surface area contributed by atoms with Gasteiger partial charge in [0.2, 0.25) is 0 Å². The van der Waals surface area contributed by atoms with E-state index in [-0.39, 0.29) is 119 Å². The van der Waals surface area contributed by atoms with Crippen LogP contribution in [-0.2, 0) is 71.5 Å². The number of amides is 1. The Morgan fingerprint density at radius 3 is 1.49 bits per heavy atom. The third kappa shape index (κ3) is 54.5. The van der Waals surface area contributed by atoms with Crippen LogP contribution >= 0.6 is 0 Å². The Labute approximate surface area is 780 Å². The quantitative estimate of drug-likeness (QED) is 0.0100. The second-order valence-electron chi connectivity index (χ2n) is 35.8. The first-order chi connectivity index (χ1) is 55.0. The summed E-state index contributed by atoms with van der Waals surface area (Å²) in [6.07, 6.45) is 12.5. The van der Waals surface area contributed by atoms with Crippen molar-refractivity contribution in [3.63, 3.8) is 0 Å². The fraction of sp³-hybridized carbons (Fsp3) is 0.538. The molecule has 11 N–H and O–H groups in total. The molecule has 1 aromatic heterocycles. The van der Waals surface area contributed by atoms with Crippen LogP contribution in [-0.4, -0.2) is 154 Å². The van der Waals surface area contributed by atoms with Gasteiger partial charge in [0.25, 0.3) is 0 Å². The molecule has 122 heavy (non-hydrogen) atoms. The number of anilines is 2. The predicted molar refractivity (Wildman–Crippen MR) is 499 cm³/mol. The molecule has 0 aliphatic heterocycles. The Balaban J connectivity index is -0.00000138. The number of benzene rings is 6. The number of carbonyl (C=O) groups is 3. The van der Waals surface area contributed by atoms with Crippen molar-refractivity contribution >= 4 is 99.2 Å². The minimum atomic E-state index is -1.46. The SMILES string of the molecule is CC(C)(C)S(=O)N=C(CCC1CC1)c1ccccc1.CC(C)(C)[S@@](N)=O.CC(C)(C)[S@](=O)NC(CCC1CC1)(c1ccccc1)c1ccc(F)c(N)c1.CC(C)O.CC(C)O.CC(C)O.CC(C)O.CN(c1c[c-]ccc1F)[Si](C)(C)C.Cc1cc(C(=O)O)n(-c2cccc(CNC(=O)OC(C)(C)C)c2)n1.O=C(CCC1CC1)c1ccccc1.[Br-].[Mg+2].[Ti]. The summed E-state index contributed by atoms with van der Waals surface area (Å²) in [5.74, 6) is 1.10. The van der Waals surface area contributed by atoms with Crippen LogP contribution in [0.4, 0.5) is 25.0 Å². The molecule has 1 amide bonds. The molecule has 29 heteroatoms. The van der Waals surface area contributed by atoms with Crippen LogP contribution in [0.1, 0.15) is 264 Å². The summed E-state index contributed by atoms with van der Waals surface area (Å²) in [6, 6.07) is 50.9. The van der Waals surface area contributed by atoms with Gasteiger partial charge < -0.3 is 62.9 Å². The van der Waals surface area contributed by atoms with Crippen LogP contribution in [0.2, 0.25) is 19.6 Å². The van der Waals surface area contributed by atoms with Gasteiger partial charge >= 0.3 is 35.1 Å². The summed E-state index contributed by atoms with van der Waals surface area (Å²) in [4.78, 5) is 34.6. The minimum absolute atomic E-state index is 0. The van der Waals surface area contributed by atoms with Crippen molar-refractivity contribution in [3.8, 4) is 5.69 Å². The molecule has 3 saturated carbocycles.